The van der Waals surface area contributed by atoms with Gasteiger partial charge in [-0.15, -0.1) is 0 Å². The van der Waals surface area contributed by atoms with Crippen molar-refractivity contribution in [2.45, 2.75) is 18.8 Å². The Labute approximate surface area is 135 Å². The van der Waals surface area contributed by atoms with Gasteiger partial charge in [0.2, 0.25) is 5.79 Å². The zero-order chi connectivity index (χ0) is 14.8. The number of carbonyl (C=O) groups excluding carboxylic acids is 1. The molecule has 1 fully saturated rings. The lowest BCUT2D eigenvalue weighted by molar-refractivity contribution is -0.167. The van der Waals surface area contributed by atoms with Gasteiger partial charge in [0.1, 0.15) is 12.7 Å². The van der Waals surface area contributed by atoms with E-state index in [9.17, 15) is 4.79 Å². The lowest BCUT2D eigenvalue weighted by Gasteiger charge is -2.27. The third-order valence-electron chi connectivity index (χ3n) is 2.85. The summed E-state index contributed by atoms with van der Waals surface area (Å²) in [6.45, 7) is 1.82. The lowest BCUT2D eigenvalue weighted by Crippen LogP contribution is -2.31. The van der Waals surface area contributed by atoms with Gasteiger partial charge in [0.05, 0.1) is 17.0 Å². The molecule has 0 aromatic heterocycles. The summed E-state index contributed by atoms with van der Waals surface area (Å²) in [6.07, 6.45) is -0.330. The van der Waals surface area contributed by atoms with E-state index in [2.05, 4.69) is 15.9 Å². The van der Waals surface area contributed by atoms with Crippen molar-refractivity contribution in [1.82, 2.24) is 0 Å². The van der Waals surface area contributed by atoms with Crippen LogP contribution >= 0.6 is 39.1 Å². The van der Waals surface area contributed by atoms with Gasteiger partial charge in [-0.3, -0.25) is 4.79 Å². The number of benzene rings is 1. The third-order valence-corrected chi connectivity index (χ3v) is 4.14. The maximum atomic E-state index is 10.8. The normalized spacial score (nSPS) is 25.7. The fourth-order valence-corrected chi connectivity index (χ4v) is 3.09. The summed E-state index contributed by atoms with van der Waals surface area (Å²) in [6, 6.07) is 5.12. The molecule has 0 saturated carbocycles. The molecule has 7 heteroatoms. The van der Waals surface area contributed by atoms with Crippen LogP contribution in [0.3, 0.4) is 0 Å². The average Bonchev–Trinajstić information content (AvgIpc) is 2.81. The Morgan fingerprint density at radius 1 is 1.55 bits per heavy atom. The van der Waals surface area contributed by atoms with Crippen LogP contribution in [0.5, 0.6) is 0 Å². The van der Waals surface area contributed by atoms with E-state index in [1.807, 2.05) is 0 Å². The van der Waals surface area contributed by atoms with Crippen molar-refractivity contribution in [3.05, 3.63) is 33.8 Å². The molecule has 0 unspecified atom stereocenters. The van der Waals surface area contributed by atoms with E-state index in [1.165, 1.54) is 6.92 Å². The Balaban J connectivity index is 2.17. The van der Waals surface area contributed by atoms with Gasteiger partial charge in [0.15, 0.2) is 0 Å². The van der Waals surface area contributed by atoms with Crippen molar-refractivity contribution < 1.29 is 19.0 Å². The van der Waals surface area contributed by atoms with Gasteiger partial charge >= 0.3 is 5.97 Å². The number of ether oxygens (including phenoxy) is 3. The molecule has 110 valence electrons. The van der Waals surface area contributed by atoms with Gasteiger partial charge in [0, 0.05) is 17.5 Å². The molecule has 1 aliphatic rings. The van der Waals surface area contributed by atoms with Crippen LogP contribution in [0, 0.1) is 0 Å². The predicted molar refractivity (Wildman–Crippen MR) is 79.4 cm³/mol. The first-order valence-electron chi connectivity index (χ1n) is 5.93. The highest BCUT2D eigenvalue weighted by atomic mass is 79.9. The van der Waals surface area contributed by atoms with Crippen molar-refractivity contribution >= 4 is 45.1 Å². The second kappa shape index (κ2) is 6.62. The maximum Gasteiger partial charge on any atom is 0.302 e. The maximum absolute atomic E-state index is 10.8. The van der Waals surface area contributed by atoms with E-state index in [-0.39, 0.29) is 18.7 Å². The molecule has 4 nitrogen and oxygen atoms in total. The molecule has 0 aliphatic carbocycles. The number of rotatable bonds is 4. The van der Waals surface area contributed by atoms with E-state index in [0.29, 0.717) is 27.5 Å². The monoisotopic (exact) mass is 382 g/mol. The highest BCUT2D eigenvalue weighted by Gasteiger charge is 2.44. The van der Waals surface area contributed by atoms with E-state index in [0.717, 1.165) is 0 Å². The molecule has 1 aliphatic heterocycles. The van der Waals surface area contributed by atoms with Crippen LogP contribution in [0.15, 0.2) is 18.2 Å². The molecule has 1 aromatic rings. The van der Waals surface area contributed by atoms with E-state index in [1.54, 1.807) is 18.2 Å². The number of alkyl halides is 1. The number of esters is 1. The van der Waals surface area contributed by atoms with Crippen LogP contribution < -0.4 is 0 Å². The number of carbonyl (C=O) groups is 1. The summed E-state index contributed by atoms with van der Waals surface area (Å²) in [5.74, 6) is -1.35. The van der Waals surface area contributed by atoms with Crippen LogP contribution in [0.2, 0.25) is 10.0 Å². The largest absolute Gasteiger partial charge is 0.463 e. The Kier molecular flexibility index (Phi) is 5.31. The van der Waals surface area contributed by atoms with Crippen molar-refractivity contribution in [2.75, 3.05) is 18.5 Å². The quantitative estimate of drug-likeness (QED) is 0.589. The standard InChI is InChI=1S/C13H13BrCl2O4/c1-8(17)18-5-10-6-19-13(7-14,20-10)11-3-2-9(15)4-12(11)16/h2-4,10H,5-7H2,1H3/t10-,13-/m1/s1. The summed E-state index contributed by atoms with van der Waals surface area (Å²) < 4.78 is 16.6. The van der Waals surface area contributed by atoms with Gasteiger partial charge in [-0.2, -0.15) is 0 Å². The van der Waals surface area contributed by atoms with Crippen LogP contribution in [0.1, 0.15) is 12.5 Å². The van der Waals surface area contributed by atoms with Crippen LogP contribution in [-0.4, -0.2) is 30.6 Å². The molecule has 1 saturated heterocycles. The highest BCUT2D eigenvalue weighted by molar-refractivity contribution is 9.09. The Morgan fingerprint density at radius 2 is 2.30 bits per heavy atom. The topological polar surface area (TPSA) is 44.8 Å². The Morgan fingerprint density at radius 3 is 2.90 bits per heavy atom. The molecule has 2 rings (SSSR count). The summed E-state index contributed by atoms with van der Waals surface area (Å²) in [4.78, 5) is 10.8. The van der Waals surface area contributed by atoms with Gasteiger partial charge in [-0.05, 0) is 12.1 Å². The van der Waals surface area contributed by atoms with E-state index in [4.69, 9.17) is 37.4 Å². The molecule has 0 radical (unpaired) electrons. The van der Waals surface area contributed by atoms with E-state index >= 15 is 0 Å². The molecule has 1 heterocycles. The van der Waals surface area contributed by atoms with Crippen LogP contribution in [0.25, 0.3) is 0 Å². The minimum Gasteiger partial charge on any atom is -0.463 e. The molecular formula is C13H13BrCl2O4. The fourth-order valence-electron chi connectivity index (χ4n) is 1.94. The summed E-state index contributed by atoms with van der Waals surface area (Å²) in [7, 11) is 0. The number of halogens is 3. The molecule has 0 N–H and O–H groups in total. The number of hydrogen-bond donors (Lipinski definition) is 0. The zero-order valence-corrected chi connectivity index (χ0v) is 13.8. The van der Waals surface area contributed by atoms with Crippen molar-refractivity contribution in [3.8, 4) is 0 Å². The van der Waals surface area contributed by atoms with Gasteiger partial charge in [-0.25, -0.2) is 0 Å². The fraction of sp³-hybridized carbons (Fsp3) is 0.462. The first kappa shape index (κ1) is 16.0. The number of hydrogen-bond acceptors (Lipinski definition) is 4. The minimum atomic E-state index is -0.994. The molecular weight excluding hydrogens is 371 g/mol. The van der Waals surface area contributed by atoms with Gasteiger partial charge in [-0.1, -0.05) is 45.2 Å². The molecule has 20 heavy (non-hydrogen) atoms. The van der Waals surface area contributed by atoms with Crippen molar-refractivity contribution in [3.63, 3.8) is 0 Å². The summed E-state index contributed by atoms with van der Waals surface area (Å²) in [5, 5.41) is 1.40. The van der Waals surface area contributed by atoms with Crippen molar-refractivity contribution in [1.29, 1.82) is 0 Å². The van der Waals surface area contributed by atoms with E-state index < -0.39 is 5.79 Å². The zero-order valence-electron chi connectivity index (χ0n) is 10.7. The molecule has 2 atom stereocenters. The van der Waals surface area contributed by atoms with Crippen LogP contribution in [-0.2, 0) is 24.8 Å². The predicted octanol–water partition coefficient (Wildman–Crippen LogP) is 3.52. The Bertz CT molecular complexity index is 511. The average molecular weight is 384 g/mol. The summed E-state index contributed by atoms with van der Waals surface area (Å²) >= 11 is 15.5. The second-order valence-electron chi connectivity index (χ2n) is 4.36. The lowest BCUT2D eigenvalue weighted by atomic mass is 10.1. The summed E-state index contributed by atoms with van der Waals surface area (Å²) in [5.41, 5.74) is 0.686. The molecule has 0 bridgehead atoms. The molecule has 0 spiro atoms. The molecule has 1 aromatic carbocycles. The SMILES string of the molecule is CC(=O)OC[C@@H]1CO[C@@](CBr)(c2ccc(Cl)cc2Cl)O1. The highest BCUT2D eigenvalue weighted by Crippen LogP contribution is 2.40. The third kappa shape index (κ3) is 3.46. The van der Waals surface area contributed by atoms with Crippen LogP contribution in [0.4, 0.5) is 0 Å². The smallest absolute Gasteiger partial charge is 0.302 e. The van der Waals surface area contributed by atoms with Crippen molar-refractivity contribution in [2.24, 2.45) is 0 Å². The first-order valence-corrected chi connectivity index (χ1v) is 7.81. The van der Waals surface area contributed by atoms with Gasteiger partial charge < -0.3 is 14.2 Å². The van der Waals surface area contributed by atoms with Gasteiger partial charge in [0.25, 0.3) is 0 Å². The minimum absolute atomic E-state index is 0.148. The molecule has 0 amide bonds. The Hall–Kier alpha value is -0.330. The second-order valence-corrected chi connectivity index (χ2v) is 5.77. The first-order chi connectivity index (χ1) is 9.47.